The highest BCUT2D eigenvalue weighted by atomic mass is 16.5. The van der Waals surface area contributed by atoms with Crippen LogP contribution < -0.4 is 10.1 Å². The molecule has 0 amide bonds. The molecule has 0 bridgehead atoms. The van der Waals surface area contributed by atoms with Crippen LogP contribution in [0.15, 0.2) is 6.20 Å². The normalized spacial score (nSPS) is 25.3. The molecule has 4 heteroatoms. The zero-order chi connectivity index (χ0) is 13.1. The Morgan fingerprint density at radius 3 is 2.89 bits per heavy atom. The zero-order valence-corrected chi connectivity index (χ0v) is 11.9. The maximum absolute atomic E-state index is 5.44. The maximum Gasteiger partial charge on any atom is 0.161 e. The van der Waals surface area contributed by atoms with E-state index in [4.69, 9.17) is 4.74 Å². The van der Waals surface area contributed by atoms with Gasteiger partial charge in [-0.1, -0.05) is 19.8 Å². The van der Waals surface area contributed by atoms with Gasteiger partial charge in [-0.05, 0) is 31.7 Å². The van der Waals surface area contributed by atoms with Gasteiger partial charge < -0.3 is 10.1 Å². The number of hydrogen-bond acceptors (Lipinski definition) is 3. The monoisotopic (exact) mass is 251 g/mol. The lowest BCUT2D eigenvalue weighted by atomic mass is 9.93. The van der Waals surface area contributed by atoms with Gasteiger partial charge in [-0.25, -0.2) is 0 Å². The first-order valence-corrected chi connectivity index (χ1v) is 6.94. The van der Waals surface area contributed by atoms with Crippen molar-refractivity contribution in [1.82, 2.24) is 15.1 Å². The molecule has 1 aromatic rings. The number of nitrogens with one attached hydrogen (secondary N) is 1. The Labute approximate surface area is 110 Å². The Kier molecular flexibility index (Phi) is 4.27. The van der Waals surface area contributed by atoms with E-state index in [9.17, 15) is 0 Å². The Hall–Kier alpha value is -1.03. The van der Waals surface area contributed by atoms with Gasteiger partial charge in [-0.2, -0.15) is 5.10 Å². The van der Waals surface area contributed by atoms with Gasteiger partial charge in [0.15, 0.2) is 5.75 Å². The van der Waals surface area contributed by atoms with Crippen LogP contribution in [0.3, 0.4) is 0 Å². The molecule has 0 saturated heterocycles. The molecule has 2 rings (SSSR count). The molecule has 1 aromatic heterocycles. The molecule has 1 heterocycles. The van der Waals surface area contributed by atoms with Gasteiger partial charge >= 0.3 is 0 Å². The molecule has 3 unspecified atom stereocenters. The van der Waals surface area contributed by atoms with Crippen LogP contribution in [0.4, 0.5) is 0 Å². The number of aryl methyl sites for hydroxylation is 1. The number of rotatable bonds is 5. The second kappa shape index (κ2) is 5.74. The molecule has 3 atom stereocenters. The quantitative estimate of drug-likeness (QED) is 0.874. The molecule has 0 radical (unpaired) electrons. The third kappa shape index (κ3) is 2.39. The predicted octanol–water partition coefficient (Wildman–Crippen LogP) is 2.52. The Balaban J connectivity index is 2.20. The lowest BCUT2D eigenvalue weighted by molar-refractivity contribution is 0.336. The van der Waals surface area contributed by atoms with Crippen molar-refractivity contribution < 1.29 is 4.74 Å². The summed E-state index contributed by atoms with van der Waals surface area (Å²) in [5, 5.41) is 7.78. The lowest BCUT2D eigenvalue weighted by Gasteiger charge is -2.24. The second-order valence-electron chi connectivity index (χ2n) is 5.34. The molecule has 0 aromatic carbocycles. The zero-order valence-electron chi connectivity index (χ0n) is 11.9. The fourth-order valence-electron chi connectivity index (χ4n) is 3.32. The first kappa shape index (κ1) is 13.4. The van der Waals surface area contributed by atoms with Gasteiger partial charge in [0.1, 0.15) is 0 Å². The van der Waals surface area contributed by atoms with Gasteiger partial charge in [0.25, 0.3) is 0 Å². The van der Waals surface area contributed by atoms with Crippen LogP contribution >= 0.6 is 0 Å². The summed E-state index contributed by atoms with van der Waals surface area (Å²) in [4.78, 5) is 0. The highest BCUT2D eigenvalue weighted by Gasteiger charge is 2.33. The van der Waals surface area contributed by atoms with Crippen molar-refractivity contribution in [2.45, 2.75) is 38.6 Å². The molecule has 18 heavy (non-hydrogen) atoms. The van der Waals surface area contributed by atoms with Gasteiger partial charge in [-0.3, -0.25) is 4.68 Å². The minimum Gasteiger partial charge on any atom is -0.493 e. The van der Waals surface area contributed by atoms with Crippen LogP contribution in [-0.2, 0) is 7.05 Å². The summed E-state index contributed by atoms with van der Waals surface area (Å²) in [5.41, 5.74) is 1.18. The topological polar surface area (TPSA) is 39.1 Å². The minimum atomic E-state index is 0.351. The van der Waals surface area contributed by atoms with Crippen molar-refractivity contribution in [3.8, 4) is 5.75 Å². The molecule has 1 N–H and O–H groups in total. The van der Waals surface area contributed by atoms with Gasteiger partial charge in [0.2, 0.25) is 0 Å². The summed E-state index contributed by atoms with van der Waals surface area (Å²) in [5.74, 6) is 2.49. The Bertz CT molecular complexity index is 388. The van der Waals surface area contributed by atoms with Crippen LogP contribution in [0.1, 0.15) is 44.3 Å². The highest BCUT2D eigenvalue weighted by molar-refractivity contribution is 5.29. The Morgan fingerprint density at radius 1 is 1.56 bits per heavy atom. The van der Waals surface area contributed by atoms with E-state index in [0.29, 0.717) is 12.0 Å². The third-order valence-electron chi connectivity index (χ3n) is 4.41. The van der Waals surface area contributed by atoms with Gasteiger partial charge in [-0.15, -0.1) is 0 Å². The SMILES string of the molecule is CCC1CCC(C(NC)c2c(OC)cnn2C)C1. The smallest absolute Gasteiger partial charge is 0.161 e. The van der Waals surface area contributed by atoms with E-state index in [0.717, 1.165) is 11.7 Å². The molecule has 0 spiro atoms. The van der Waals surface area contributed by atoms with E-state index >= 15 is 0 Å². The van der Waals surface area contributed by atoms with Crippen LogP contribution in [0.2, 0.25) is 0 Å². The Morgan fingerprint density at radius 2 is 2.33 bits per heavy atom. The first-order valence-electron chi connectivity index (χ1n) is 6.94. The predicted molar refractivity (Wildman–Crippen MR) is 72.7 cm³/mol. The third-order valence-corrected chi connectivity index (χ3v) is 4.41. The van der Waals surface area contributed by atoms with E-state index in [-0.39, 0.29) is 0 Å². The minimum absolute atomic E-state index is 0.351. The summed E-state index contributed by atoms with van der Waals surface area (Å²) < 4.78 is 7.38. The lowest BCUT2D eigenvalue weighted by Crippen LogP contribution is -2.26. The average molecular weight is 251 g/mol. The molecule has 1 fully saturated rings. The maximum atomic E-state index is 5.44. The van der Waals surface area contributed by atoms with Crippen LogP contribution in [0.25, 0.3) is 0 Å². The van der Waals surface area contributed by atoms with E-state index in [2.05, 4.69) is 17.3 Å². The molecule has 102 valence electrons. The van der Waals surface area contributed by atoms with Gasteiger partial charge in [0.05, 0.1) is 25.0 Å². The molecular weight excluding hydrogens is 226 g/mol. The summed E-state index contributed by atoms with van der Waals surface area (Å²) in [6, 6.07) is 0.351. The molecular formula is C14H25N3O. The van der Waals surface area contributed by atoms with Crippen molar-refractivity contribution in [3.63, 3.8) is 0 Å². The summed E-state index contributed by atoms with van der Waals surface area (Å²) in [6.45, 7) is 2.30. The number of nitrogens with zero attached hydrogens (tertiary/aromatic N) is 2. The van der Waals surface area contributed by atoms with Crippen LogP contribution in [0.5, 0.6) is 5.75 Å². The number of methoxy groups -OCH3 is 1. The van der Waals surface area contributed by atoms with E-state index in [1.54, 1.807) is 7.11 Å². The first-order chi connectivity index (χ1) is 8.71. The number of aromatic nitrogens is 2. The highest BCUT2D eigenvalue weighted by Crippen LogP contribution is 2.42. The van der Waals surface area contributed by atoms with E-state index in [1.165, 1.54) is 31.4 Å². The average Bonchev–Trinajstić information content (AvgIpc) is 2.99. The van der Waals surface area contributed by atoms with Crippen molar-refractivity contribution in [2.75, 3.05) is 14.2 Å². The molecule has 1 aliphatic rings. The fourth-order valence-corrected chi connectivity index (χ4v) is 3.32. The molecule has 1 aliphatic carbocycles. The largest absolute Gasteiger partial charge is 0.493 e. The number of hydrogen-bond donors (Lipinski definition) is 1. The van der Waals surface area contributed by atoms with Crippen molar-refractivity contribution in [2.24, 2.45) is 18.9 Å². The van der Waals surface area contributed by atoms with Crippen molar-refractivity contribution in [1.29, 1.82) is 0 Å². The number of ether oxygens (including phenoxy) is 1. The van der Waals surface area contributed by atoms with Crippen molar-refractivity contribution >= 4 is 0 Å². The van der Waals surface area contributed by atoms with Crippen LogP contribution in [0, 0.1) is 11.8 Å². The molecule has 1 saturated carbocycles. The molecule has 0 aliphatic heterocycles. The standard InChI is InChI=1S/C14H25N3O/c1-5-10-6-7-11(8-10)13(15-2)14-12(18-4)9-16-17(14)3/h9-11,13,15H,5-8H2,1-4H3. The second-order valence-corrected chi connectivity index (χ2v) is 5.34. The summed E-state index contributed by atoms with van der Waals surface area (Å²) in [7, 11) is 5.75. The van der Waals surface area contributed by atoms with Crippen LogP contribution in [-0.4, -0.2) is 23.9 Å². The summed E-state index contributed by atoms with van der Waals surface area (Å²) >= 11 is 0. The van der Waals surface area contributed by atoms with E-state index < -0.39 is 0 Å². The van der Waals surface area contributed by atoms with Gasteiger partial charge in [0, 0.05) is 7.05 Å². The fraction of sp³-hybridized carbons (Fsp3) is 0.786. The van der Waals surface area contributed by atoms with E-state index in [1.807, 2.05) is 25.0 Å². The molecule has 4 nitrogen and oxygen atoms in total. The van der Waals surface area contributed by atoms with Crippen molar-refractivity contribution in [3.05, 3.63) is 11.9 Å². The summed E-state index contributed by atoms with van der Waals surface area (Å²) in [6.07, 6.45) is 7.09.